The lowest BCUT2D eigenvalue weighted by Gasteiger charge is -2.14. The molecule has 2 aliphatic rings. The SMILES string of the molecule is C=C(Cl)/N=C1/C=CC=C/C1=C(/N)c1ccc2c3c(cccc13)-c1ccccc1-2. The summed E-state index contributed by atoms with van der Waals surface area (Å²) in [6, 6.07) is 19.2. The third-order valence-corrected chi connectivity index (χ3v) is 5.36. The van der Waals surface area contributed by atoms with Gasteiger partial charge in [0.2, 0.25) is 0 Å². The molecule has 0 fully saturated rings. The van der Waals surface area contributed by atoms with Crippen molar-refractivity contribution in [2.45, 2.75) is 0 Å². The van der Waals surface area contributed by atoms with E-state index < -0.39 is 0 Å². The van der Waals surface area contributed by atoms with E-state index in [-0.39, 0.29) is 5.16 Å². The van der Waals surface area contributed by atoms with E-state index in [1.54, 1.807) is 0 Å². The lowest BCUT2D eigenvalue weighted by molar-refractivity contribution is 1.47. The maximum Gasteiger partial charge on any atom is 0.122 e. The number of rotatable bonds is 2. The third kappa shape index (κ3) is 2.46. The average molecular weight is 381 g/mol. The van der Waals surface area contributed by atoms with Crippen LogP contribution in [0.4, 0.5) is 0 Å². The number of benzene rings is 3. The maximum atomic E-state index is 6.67. The molecule has 0 saturated heterocycles. The van der Waals surface area contributed by atoms with E-state index in [1.807, 2.05) is 24.3 Å². The Kier molecular flexibility index (Phi) is 3.81. The van der Waals surface area contributed by atoms with E-state index in [1.165, 1.54) is 27.6 Å². The van der Waals surface area contributed by atoms with E-state index in [4.69, 9.17) is 17.3 Å². The Bertz CT molecular complexity index is 1260. The molecule has 0 aliphatic heterocycles. The summed E-state index contributed by atoms with van der Waals surface area (Å²) in [6.45, 7) is 3.68. The summed E-state index contributed by atoms with van der Waals surface area (Å²) in [6.07, 6.45) is 7.73. The second-order valence-corrected chi connectivity index (χ2v) is 7.29. The van der Waals surface area contributed by atoms with Gasteiger partial charge >= 0.3 is 0 Å². The van der Waals surface area contributed by atoms with Crippen LogP contribution in [0.3, 0.4) is 0 Å². The third-order valence-electron chi connectivity index (χ3n) is 5.27. The van der Waals surface area contributed by atoms with Gasteiger partial charge in [0, 0.05) is 16.8 Å². The molecule has 0 radical (unpaired) electrons. The van der Waals surface area contributed by atoms with Gasteiger partial charge in [-0.2, -0.15) is 0 Å². The zero-order chi connectivity index (χ0) is 19.3. The van der Waals surface area contributed by atoms with Gasteiger partial charge < -0.3 is 5.73 Å². The van der Waals surface area contributed by atoms with Crippen LogP contribution in [0.15, 0.2) is 101 Å². The fourth-order valence-electron chi connectivity index (χ4n) is 4.12. The van der Waals surface area contributed by atoms with Crippen LogP contribution >= 0.6 is 11.6 Å². The Morgan fingerprint density at radius 3 is 2.25 bits per heavy atom. The van der Waals surface area contributed by atoms with Crippen molar-refractivity contribution in [2.24, 2.45) is 10.7 Å². The molecule has 0 heterocycles. The van der Waals surface area contributed by atoms with Crippen LogP contribution in [0.25, 0.3) is 38.7 Å². The molecule has 3 heteroatoms. The summed E-state index contributed by atoms with van der Waals surface area (Å²) in [7, 11) is 0. The smallest absolute Gasteiger partial charge is 0.122 e. The molecular formula is C25H17ClN2. The Balaban J connectivity index is 1.79. The molecule has 134 valence electrons. The molecular weight excluding hydrogens is 364 g/mol. The number of hydrogen-bond acceptors (Lipinski definition) is 2. The van der Waals surface area contributed by atoms with E-state index in [2.05, 4.69) is 66.2 Å². The lowest BCUT2D eigenvalue weighted by atomic mass is 9.93. The molecule has 0 bridgehead atoms. The number of halogens is 1. The van der Waals surface area contributed by atoms with Crippen molar-refractivity contribution in [2.75, 3.05) is 0 Å². The first kappa shape index (κ1) is 16.8. The standard InChI is InChI=1S/C25H17ClN2/c1-15(26)28-23-12-5-4-9-22(23)25(27)21-14-13-20-17-8-3-2-7-16(17)18-10-6-11-19(21)24(18)20/h2-14H,1,27H2/b25-22-,28-23-. The van der Waals surface area contributed by atoms with E-state index in [0.717, 1.165) is 16.5 Å². The topological polar surface area (TPSA) is 38.4 Å². The number of hydrogen-bond donors (Lipinski definition) is 1. The van der Waals surface area contributed by atoms with Crippen molar-refractivity contribution in [1.82, 2.24) is 0 Å². The number of allylic oxidation sites excluding steroid dienone is 5. The van der Waals surface area contributed by atoms with Crippen LogP contribution in [0.2, 0.25) is 0 Å². The molecule has 3 aromatic carbocycles. The Morgan fingerprint density at radius 1 is 0.821 bits per heavy atom. The minimum atomic E-state index is 0.233. The molecule has 5 rings (SSSR count). The highest BCUT2D eigenvalue weighted by Crippen LogP contribution is 2.48. The minimum absolute atomic E-state index is 0.233. The van der Waals surface area contributed by atoms with E-state index in [9.17, 15) is 0 Å². The monoisotopic (exact) mass is 380 g/mol. The van der Waals surface area contributed by atoms with Gasteiger partial charge in [0.25, 0.3) is 0 Å². The molecule has 28 heavy (non-hydrogen) atoms. The summed E-state index contributed by atoms with van der Waals surface area (Å²) >= 11 is 5.92. The fraction of sp³-hybridized carbons (Fsp3) is 0. The van der Waals surface area contributed by atoms with E-state index in [0.29, 0.717) is 11.4 Å². The van der Waals surface area contributed by atoms with Crippen molar-refractivity contribution in [3.8, 4) is 22.3 Å². The first-order valence-electron chi connectivity index (χ1n) is 9.09. The zero-order valence-electron chi connectivity index (χ0n) is 15.1. The van der Waals surface area contributed by atoms with Gasteiger partial charge in [0.05, 0.1) is 5.71 Å². The molecule has 3 aromatic rings. The summed E-state index contributed by atoms with van der Waals surface area (Å²) in [5.41, 5.74) is 15.0. The van der Waals surface area contributed by atoms with Crippen LogP contribution in [-0.4, -0.2) is 5.71 Å². The zero-order valence-corrected chi connectivity index (χ0v) is 15.9. The largest absolute Gasteiger partial charge is 0.398 e. The van der Waals surface area contributed by atoms with Gasteiger partial charge in [-0.1, -0.05) is 91.0 Å². The quantitative estimate of drug-likeness (QED) is 0.399. The average Bonchev–Trinajstić information content (AvgIpc) is 3.04. The number of nitrogens with zero attached hydrogens (tertiary/aromatic N) is 1. The minimum Gasteiger partial charge on any atom is -0.398 e. The fourth-order valence-corrected chi connectivity index (χ4v) is 4.21. The highest BCUT2D eigenvalue weighted by Gasteiger charge is 2.23. The molecule has 0 atom stereocenters. The molecule has 2 nitrogen and oxygen atoms in total. The molecule has 0 unspecified atom stereocenters. The van der Waals surface area contributed by atoms with Gasteiger partial charge in [0.1, 0.15) is 5.16 Å². The first-order chi connectivity index (χ1) is 13.6. The molecule has 2 aliphatic carbocycles. The van der Waals surface area contributed by atoms with Gasteiger partial charge in [-0.15, -0.1) is 0 Å². The Morgan fingerprint density at radius 2 is 1.50 bits per heavy atom. The Hall–Kier alpha value is -3.36. The maximum absolute atomic E-state index is 6.67. The van der Waals surface area contributed by atoms with Crippen LogP contribution in [0.1, 0.15) is 5.56 Å². The highest BCUT2D eigenvalue weighted by molar-refractivity contribution is 6.31. The summed E-state index contributed by atoms with van der Waals surface area (Å²) in [4.78, 5) is 4.34. The number of nitrogens with two attached hydrogens (primary N) is 1. The summed E-state index contributed by atoms with van der Waals surface area (Å²) in [5, 5.41) is 2.62. The molecule has 0 saturated carbocycles. The second-order valence-electron chi connectivity index (χ2n) is 6.85. The van der Waals surface area contributed by atoms with Crippen LogP contribution in [0.5, 0.6) is 0 Å². The molecule has 0 spiro atoms. The van der Waals surface area contributed by atoms with Crippen molar-refractivity contribution < 1.29 is 0 Å². The summed E-state index contributed by atoms with van der Waals surface area (Å²) in [5.74, 6) is 0. The number of aliphatic imine (C=N–C) groups is 1. The van der Waals surface area contributed by atoms with Gasteiger partial charge in [-0.3, -0.25) is 0 Å². The predicted molar refractivity (Wildman–Crippen MR) is 120 cm³/mol. The van der Waals surface area contributed by atoms with Crippen molar-refractivity contribution in [3.63, 3.8) is 0 Å². The molecule has 0 aromatic heterocycles. The van der Waals surface area contributed by atoms with Gasteiger partial charge in [0.15, 0.2) is 0 Å². The van der Waals surface area contributed by atoms with E-state index >= 15 is 0 Å². The second kappa shape index (κ2) is 6.36. The van der Waals surface area contributed by atoms with Gasteiger partial charge in [-0.25, -0.2) is 4.99 Å². The van der Waals surface area contributed by atoms with Crippen LogP contribution in [-0.2, 0) is 0 Å². The van der Waals surface area contributed by atoms with Crippen LogP contribution < -0.4 is 5.73 Å². The lowest BCUT2D eigenvalue weighted by Crippen LogP contribution is -2.09. The Labute approximate surface area is 168 Å². The molecule has 2 N–H and O–H groups in total. The predicted octanol–water partition coefficient (Wildman–Crippen LogP) is 6.43. The highest BCUT2D eigenvalue weighted by atomic mass is 35.5. The molecule has 0 amide bonds. The number of fused-ring (bicyclic) bond motifs is 3. The first-order valence-corrected chi connectivity index (χ1v) is 9.47. The van der Waals surface area contributed by atoms with Crippen molar-refractivity contribution in [3.05, 3.63) is 102 Å². The summed E-state index contributed by atoms with van der Waals surface area (Å²) < 4.78 is 0. The van der Waals surface area contributed by atoms with Crippen molar-refractivity contribution in [1.29, 1.82) is 0 Å². The normalized spacial score (nSPS) is 17.2. The van der Waals surface area contributed by atoms with Crippen LogP contribution in [0, 0.1) is 0 Å². The van der Waals surface area contributed by atoms with Crippen molar-refractivity contribution >= 4 is 33.8 Å². The van der Waals surface area contributed by atoms with Gasteiger partial charge in [-0.05, 0) is 39.1 Å².